The molecule has 0 saturated heterocycles. The van der Waals surface area contributed by atoms with E-state index in [1.807, 2.05) is 12.2 Å². The van der Waals surface area contributed by atoms with Crippen LogP contribution in [0.1, 0.15) is 23.0 Å². The Balaban J connectivity index is 2.24. The summed E-state index contributed by atoms with van der Waals surface area (Å²) in [4.78, 5) is 10.4. The number of nitro groups is 1. The van der Waals surface area contributed by atoms with Crippen LogP contribution in [0.3, 0.4) is 0 Å². The molecule has 3 aliphatic rings. The van der Waals surface area contributed by atoms with E-state index in [9.17, 15) is 20.6 Å². The standard InChI is InChI=1S/C14H7N3O2/c15-6-13-10-3-4-11(14(13)7-16)12-5-8(17(18)19)1-2-9(10)12/h1-5,10-11H/t10-,11+/m1/s1. The van der Waals surface area contributed by atoms with Gasteiger partial charge in [0.2, 0.25) is 0 Å². The largest absolute Gasteiger partial charge is 0.269 e. The fourth-order valence-electron chi connectivity index (χ4n) is 2.76. The number of nitriles is 2. The number of hydrogen-bond donors (Lipinski definition) is 0. The molecule has 1 aromatic rings. The van der Waals surface area contributed by atoms with Crippen LogP contribution in [-0.4, -0.2) is 4.92 Å². The Kier molecular flexibility index (Phi) is 2.23. The molecule has 0 spiro atoms. The Morgan fingerprint density at radius 2 is 1.63 bits per heavy atom. The van der Waals surface area contributed by atoms with E-state index in [-0.39, 0.29) is 17.5 Å². The average molecular weight is 249 g/mol. The Hall–Kier alpha value is -2.92. The molecule has 0 fully saturated rings. The van der Waals surface area contributed by atoms with Gasteiger partial charge in [0, 0.05) is 24.0 Å². The number of nitrogens with zero attached hydrogens (tertiary/aromatic N) is 3. The number of nitro benzene ring substituents is 1. The highest BCUT2D eigenvalue weighted by molar-refractivity contribution is 5.65. The van der Waals surface area contributed by atoms with Crippen molar-refractivity contribution in [2.24, 2.45) is 0 Å². The van der Waals surface area contributed by atoms with E-state index in [1.54, 1.807) is 6.07 Å². The van der Waals surface area contributed by atoms with Crippen LogP contribution in [0.15, 0.2) is 41.5 Å². The molecular weight excluding hydrogens is 242 g/mol. The highest BCUT2D eigenvalue weighted by Crippen LogP contribution is 2.48. The van der Waals surface area contributed by atoms with Crippen LogP contribution < -0.4 is 0 Å². The maximum Gasteiger partial charge on any atom is 0.269 e. The lowest BCUT2D eigenvalue weighted by atomic mass is 9.68. The number of allylic oxidation sites excluding steroid dienone is 4. The van der Waals surface area contributed by atoms with Gasteiger partial charge in [-0.15, -0.1) is 0 Å². The second-order valence-electron chi connectivity index (χ2n) is 4.46. The first-order valence-corrected chi connectivity index (χ1v) is 5.68. The third kappa shape index (κ3) is 1.39. The van der Waals surface area contributed by atoms with E-state index >= 15 is 0 Å². The molecule has 3 aliphatic carbocycles. The molecular formula is C14H7N3O2. The van der Waals surface area contributed by atoms with E-state index in [0.29, 0.717) is 11.1 Å². The van der Waals surface area contributed by atoms with Crippen LogP contribution in [0, 0.1) is 32.8 Å². The predicted octanol–water partition coefficient (Wildman–Crippen LogP) is 2.69. The van der Waals surface area contributed by atoms with Crippen LogP contribution in [0.4, 0.5) is 5.69 Å². The first-order chi connectivity index (χ1) is 9.17. The Bertz CT molecular complexity index is 747. The van der Waals surface area contributed by atoms with Gasteiger partial charge in [0.1, 0.15) is 0 Å². The van der Waals surface area contributed by atoms with Crippen molar-refractivity contribution in [3.8, 4) is 12.1 Å². The smallest absolute Gasteiger partial charge is 0.258 e. The number of benzene rings is 1. The van der Waals surface area contributed by atoms with Crippen LogP contribution in [0.25, 0.3) is 0 Å². The molecule has 0 unspecified atom stereocenters. The lowest BCUT2D eigenvalue weighted by Crippen LogP contribution is -2.20. The topological polar surface area (TPSA) is 90.7 Å². The van der Waals surface area contributed by atoms with Gasteiger partial charge in [-0.3, -0.25) is 10.1 Å². The van der Waals surface area contributed by atoms with Crippen LogP contribution in [0.5, 0.6) is 0 Å². The van der Waals surface area contributed by atoms with E-state index in [2.05, 4.69) is 12.1 Å². The van der Waals surface area contributed by atoms with Crippen molar-refractivity contribution in [2.45, 2.75) is 11.8 Å². The molecule has 5 heteroatoms. The predicted molar refractivity (Wildman–Crippen MR) is 66.0 cm³/mol. The van der Waals surface area contributed by atoms with Gasteiger partial charge in [-0.1, -0.05) is 18.2 Å². The molecule has 90 valence electrons. The maximum atomic E-state index is 10.8. The van der Waals surface area contributed by atoms with Crippen molar-refractivity contribution in [3.63, 3.8) is 0 Å². The molecule has 19 heavy (non-hydrogen) atoms. The zero-order valence-corrected chi connectivity index (χ0v) is 9.70. The van der Waals surface area contributed by atoms with Crippen molar-refractivity contribution in [3.05, 3.63) is 62.7 Å². The molecule has 0 aliphatic heterocycles. The monoisotopic (exact) mass is 249 g/mol. The minimum absolute atomic E-state index is 0.00972. The minimum atomic E-state index is -0.451. The highest BCUT2D eigenvalue weighted by atomic mass is 16.6. The van der Waals surface area contributed by atoms with Gasteiger partial charge in [0.15, 0.2) is 0 Å². The molecule has 5 nitrogen and oxygen atoms in total. The lowest BCUT2D eigenvalue weighted by molar-refractivity contribution is -0.384. The van der Waals surface area contributed by atoms with E-state index in [4.69, 9.17) is 0 Å². The maximum absolute atomic E-state index is 10.8. The van der Waals surface area contributed by atoms with E-state index in [0.717, 1.165) is 11.1 Å². The molecule has 0 radical (unpaired) electrons. The Labute approximate surface area is 108 Å². The average Bonchev–Trinajstić information content (AvgIpc) is 2.46. The van der Waals surface area contributed by atoms with Gasteiger partial charge in [-0.2, -0.15) is 10.5 Å². The normalized spacial score (nSPS) is 22.6. The van der Waals surface area contributed by atoms with Crippen molar-refractivity contribution in [1.82, 2.24) is 0 Å². The fraction of sp³-hybridized carbons (Fsp3) is 0.143. The first kappa shape index (κ1) is 11.2. The second-order valence-corrected chi connectivity index (χ2v) is 4.46. The van der Waals surface area contributed by atoms with Crippen LogP contribution in [0.2, 0.25) is 0 Å². The molecule has 2 atom stereocenters. The molecule has 0 aromatic heterocycles. The van der Waals surface area contributed by atoms with Gasteiger partial charge < -0.3 is 0 Å². The van der Waals surface area contributed by atoms with Crippen LogP contribution >= 0.6 is 0 Å². The van der Waals surface area contributed by atoms with Crippen molar-refractivity contribution in [2.75, 3.05) is 0 Å². The lowest BCUT2D eigenvalue weighted by Gasteiger charge is -2.32. The molecule has 1 aromatic carbocycles. The number of rotatable bonds is 1. The third-order valence-corrected chi connectivity index (χ3v) is 3.60. The third-order valence-electron chi connectivity index (χ3n) is 3.60. The SMILES string of the molecule is N#CC1=C(C#N)[C@@H]2C=C[C@H]1c1cc([N+](=O)[O-])ccc12. The van der Waals surface area contributed by atoms with Gasteiger partial charge in [0.05, 0.1) is 28.2 Å². The molecule has 0 N–H and O–H groups in total. The van der Waals surface area contributed by atoms with Crippen molar-refractivity contribution < 1.29 is 4.92 Å². The van der Waals surface area contributed by atoms with Crippen molar-refractivity contribution in [1.29, 1.82) is 10.5 Å². The van der Waals surface area contributed by atoms with Gasteiger partial charge >= 0.3 is 0 Å². The summed E-state index contributed by atoms with van der Waals surface area (Å²) >= 11 is 0. The summed E-state index contributed by atoms with van der Waals surface area (Å²) in [6.45, 7) is 0. The molecule has 0 heterocycles. The Morgan fingerprint density at radius 3 is 2.16 bits per heavy atom. The highest BCUT2D eigenvalue weighted by Gasteiger charge is 2.37. The van der Waals surface area contributed by atoms with E-state index < -0.39 is 4.92 Å². The molecule has 0 amide bonds. The summed E-state index contributed by atoms with van der Waals surface area (Å²) in [5, 5.41) is 29.2. The zero-order chi connectivity index (χ0) is 13.6. The molecule has 2 bridgehead atoms. The summed E-state index contributed by atoms with van der Waals surface area (Å²) in [7, 11) is 0. The molecule has 0 saturated carbocycles. The van der Waals surface area contributed by atoms with Gasteiger partial charge in [-0.05, 0) is 11.1 Å². The number of hydrogen-bond acceptors (Lipinski definition) is 4. The van der Waals surface area contributed by atoms with Crippen LogP contribution in [-0.2, 0) is 0 Å². The van der Waals surface area contributed by atoms with E-state index in [1.165, 1.54) is 12.1 Å². The summed E-state index contributed by atoms with van der Waals surface area (Å²) in [6.07, 6.45) is 3.73. The number of non-ortho nitro benzene ring substituents is 1. The minimum Gasteiger partial charge on any atom is -0.258 e. The zero-order valence-electron chi connectivity index (χ0n) is 9.70. The fourth-order valence-corrected chi connectivity index (χ4v) is 2.76. The quantitative estimate of drug-likeness (QED) is 0.434. The summed E-state index contributed by atoms with van der Waals surface area (Å²) in [5.74, 6) is -0.583. The van der Waals surface area contributed by atoms with Gasteiger partial charge in [-0.25, -0.2) is 0 Å². The summed E-state index contributed by atoms with van der Waals surface area (Å²) in [6, 6.07) is 8.77. The van der Waals surface area contributed by atoms with Gasteiger partial charge in [0.25, 0.3) is 5.69 Å². The second kappa shape index (κ2) is 3.79. The summed E-state index contributed by atoms with van der Waals surface area (Å²) in [5.41, 5.74) is 2.51. The first-order valence-electron chi connectivity index (χ1n) is 5.68. The molecule has 4 rings (SSSR count). The summed E-state index contributed by atoms with van der Waals surface area (Å²) < 4.78 is 0. The van der Waals surface area contributed by atoms with Crippen molar-refractivity contribution >= 4 is 5.69 Å². The Morgan fingerprint density at radius 1 is 1.05 bits per heavy atom.